The van der Waals surface area contributed by atoms with Gasteiger partial charge in [0.15, 0.2) is 11.5 Å². The molecule has 0 spiro atoms. The molecule has 0 heterocycles. The topological polar surface area (TPSA) is 87.9 Å². The summed E-state index contributed by atoms with van der Waals surface area (Å²) in [5.74, 6) is -1.98. The van der Waals surface area contributed by atoms with Crippen LogP contribution in [0.3, 0.4) is 0 Å². The molecule has 0 aliphatic rings. The van der Waals surface area contributed by atoms with E-state index in [-0.39, 0.29) is 18.3 Å². The van der Waals surface area contributed by atoms with Gasteiger partial charge in [0.25, 0.3) is 6.47 Å². The maximum Gasteiger partial charge on any atom is 0.416 e. The second-order valence-electron chi connectivity index (χ2n) is 4.74. The quantitative estimate of drug-likeness (QED) is 0.297. The summed E-state index contributed by atoms with van der Waals surface area (Å²) in [7, 11) is 0. The number of halogens is 5. The lowest BCUT2D eigenvalue weighted by atomic mass is 10.2. The first kappa shape index (κ1) is 19.9. The Labute approximate surface area is 147 Å². The minimum atomic E-state index is -4.84. The number of nitrogens with zero attached hydrogens (tertiary/aromatic N) is 1. The van der Waals surface area contributed by atoms with Crippen molar-refractivity contribution in [2.75, 3.05) is 0 Å². The first-order valence-electron chi connectivity index (χ1n) is 6.84. The van der Waals surface area contributed by atoms with Gasteiger partial charge >= 0.3 is 18.5 Å². The van der Waals surface area contributed by atoms with Crippen LogP contribution in [0.5, 0.6) is 23.0 Å². The summed E-state index contributed by atoms with van der Waals surface area (Å²) >= 11 is 0. The third-order valence-corrected chi connectivity index (χ3v) is 3.02. The fraction of sp³-hybridized carbons (Fsp3) is 0.133. The lowest BCUT2D eigenvalue weighted by molar-refractivity contribution is -0.385. The normalized spacial score (nSPS) is 11.2. The van der Waals surface area contributed by atoms with Gasteiger partial charge in [-0.15, -0.1) is 0 Å². The smallest absolute Gasteiger partial charge is 0.416 e. The lowest BCUT2D eigenvalue weighted by Crippen LogP contribution is -2.07. The van der Waals surface area contributed by atoms with Gasteiger partial charge in [0.05, 0.1) is 10.5 Å². The van der Waals surface area contributed by atoms with E-state index < -0.39 is 46.2 Å². The fourth-order valence-electron chi connectivity index (χ4n) is 1.93. The highest BCUT2D eigenvalue weighted by Gasteiger charge is 2.33. The Morgan fingerprint density at radius 3 is 2.26 bits per heavy atom. The molecule has 2 aromatic carbocycles. The van der Waals surface area contributed by atoms with E-state index in [0.717, 1.165) is 18.2 Å². The van der Waals surface area contributed by atoms with Crippen molar-refractivity contribution < 1.29 is 45.9 Å². The molecule has 0 aliphatic carbocycles. The van der Waals surface area contributed by atoms with Gasteiger partial charge in [0, 0.05) is 12.1 Å². The van der Waals surface area contributed by atoms with Crippen LogP contribution in [-0.2, 0) is 11.0 Å². The van der Waals surface area contributed by atoms with E-state index in [9.17, 15) is 36.9 Å². The Kier molecular flexibility index (Phi) is 5.78. The molecular weight excluding hydrogens is 385 g/mol. The highest BCUT2D eigenvalue weighted by molar-refractivity contribution is 5.55. The number of rotatable bonds is 7. The average molecular weight is 393 g/mol. The minimum absolute atomic E-state index is 0.0212. The summed E-state index contributed by atoms with van der Waals surface area (Å²) in [5, 5.41) is 11.1. The number of hydrogen-bond acceptors (Lipinski definition) is 6. The van der Waals surface area contributed by atoms with Crippen LogP contribution in [0.25, 0.3) is 0 Å². The molecule has 0 aromatic heterocycles. The number of hydrogen-bond donors (Lipinski definition) is 0. The van der Waals surface area contributed by atoms with Crippen molar-refractivity contribution >= 4 is 12.2 Å². The van der Waals surface area contributed by atoms with E-state index >= 15 is 0 Å². The van der Waals surface area contributed by atoms with Crippen LogP contribution in [0.1, 0.15) is 5.56 Å². The average Bonchev–Trinajstić information content (AvgIpc) is 2.56. The number of nitro groups is 1. The molecule has 0 saturated carbocycles. The fourth-order valence-corrected chi connectivity index (χ4v) is 1.93. The van der Waals surface area contributed by atoms with Gasteiger partial charge in [0.1, 0.15) is 5.75 Å². The van der Waals surface area contributed by atoms with Crippen molar-refractivity contribution in [3.63, 3.8) is 0 Å². The van der Waals surface area contributed by atoms with Crippen molar-refractivity contribution in [2.45, 2.75) is 12.8 Å². The summed E-state index contributed by atoms with van der Waals surface area (Å²) in [6.45, 7) is -3.26. The Balaban J connectivity index is 2.49. The van der Waals surface area contributed by atoms with Crippen molar-refractivity contribution in [2.24, 2.45) is 0 Å². The van der Waals surface area contributed by atoms with Crippen LogP contribution in [0.4, 0.5) is 27.6 Å². The Hall–Kier alpha value is -3.44. The van der Waals surface area contributed by atoms with E-state index in [1.165, 1.54) is 0 Å². The largest absolute Gasteiger partial charge is 0.446 e. The van der Waals surface area contributed by atoms with E-state index in [0.29, 0.717) is 12.1 Å². The van der Waals surface area contributed by atoms with Gasteiger partial charge in [-0.1, -0.05) is 0 Å². The van der Waals surface area contributed by atoms with Crippen LogP contribution >= 0.6 is 0 Å². The van der Waals surface area contributed by atoms with Gasteiger partial charge in [-0.2, -0.15) is 22.0 Å². The maximum atomic E-state index is 12.7. The molecule has 0 amide bonds. The molecule has 2 rings (SSSR count). The summed E-state index contributed by atoms with van der Waals surface area (Å²) in [4.78, 5) is 20.3. The third kappa shape index (κ3) is 5.03. The number of carbonyl (C=O) groups is 1. The van der Waals surface area contributed by atoms with E-state index in [1.807, 2.05) is 0 Å². The molecular formula is C15H8F5NO6. The zero-order valence-corrected chi connectivity index (χ0v) is 12.9. The number of nitro benzene ring substituents is 1. The Morgan fingerprint density at radius 2 is 1.70 bits per heavy atom. The first-order chi connectivity index (χ1) is 12.6. The molecule has 0 bridgehead atoms. The van der Waals surface area contributed by atoms with E-state index in [2.05, 4.69) is 9.47 Å². The van der Waals surface area contributed by atoms with Gasteiger partial charge in [-0.05, 0) is 24.3 Å². The summed E-state index contributed by atoms with van der Waals surface area (Å²) < 4.78 is 76.9. The van der Waals surface area contributed by atoms with Gasteiger partial charge < -0.3 is 14.2 Å². The molecule has 0 radical (unpaired) electrons. The maximum absolute atomic E-state index is 12.7. The zero-order valence-electron chi connectivity index (χ0n) is 12.9. The van der Waals surface area contributed by atoms with Crippen molar-refractivity contribution in [3.05, 3.63) is 52.1 Å². The van der Waals surface area contributed by atoms with Crippen LogP contribution in [-0.4, -0.2) is 18.0 Å². The molecule has 0 unspecified atom stereocenters. The van der Waals surface area contributed by atoms with Crippen LogP contribution in [0.2, 0.25) is 0 Å². The number of carbonyl (C=O) groups excluding carboxylic acids is 1. The molecule has 0 saturated heterocycles. The molecule has 0 aliphatic heterocycles. The highest BCUT2D eigenvalue weighted by atomic mass is 19.4. The Morgan fingerprint density at radius 1 is 1.04 bits per heavy atom. The predicted octanol–water partition coefficient (Wildman–Crippen LogP) is 4.54. The second-order valence-corrected chi connectivity index (χ2v) is 4.74. The standard InChI is InChI=1S/C15H8F5NO6/c16-14(17)27-12-4-2-9(25-7-22)6-13(12)26-11-3-1-8(15(18,19)20)5-10(11)21(23)24/h1-7,14H. The molecule has 2 aromatic rings. The van der Waals surface area contributed by atoms with Gasteiger partial charge in [-0.3, -0.25) is 14.9 Å². The van der Waals surface area contributed by atoms with Crippen molar-refractivity contribution in [3.8, 4) is 23.0 Å². The van der Waals surface area contributed by atoms with Crippen LogP contribution < -0.4 is 14.2 Å². The first-order valence-corrected chi connectivity index (χ1v) is 6.84. The van der Waals surface area contributed by atoms with E-state index in [4.69, 9.17) is 4.74 Å². The SMILES string of the molecule is O=COc1ccc(OC(F)F)c(Oc2ccc(C(F)(F)F)cc2[N+](=O)[O-])c1. The minimum Gasteiger partial charge on any atom is -0.446 e. The van der Waals surface area contributed by atoms with Gasteiger partial charge in [-0.25, -0.2) is 0 Å². The Bertz CT molecular complexity index is 855. The van der Waals surface area contributed by atoms with Crippen molar-refractivity contribution in [1.29, 1.82) is 0 Å². The molecule has 0 N–H and O–H groups in total. The molecule has 0 fully saturated rings. The second kappa shape index (κ2) is 7.85. The summed E-state index contributed by atoms with van der Waals surface area (Å²) in [6, 6.07) is 4.29. The molecule has 144 valence electrons. The lowest BCUT2D eigenvalue weighted by Gasteiger charge is -2.14. The molecule has 0 atom stereocenters. The zero-order chi connectivity index (χ0) is 20.2. The van der Waals surface area contributed by atoms with E-state index in [1.54, 1.807) is 0 Å². The summed E-state index contributed by atoms with van der Waals surface area (Å²) in [5.41, 5.74) is -2.36. The number of benzene rings is 2. The highest BCUT2D eigenvalue weighted by Crippen LogP contribution is 2.41. The summed E-state index contributed by atoms with van der Waals surface area (Å²) in [6.07, 6.45) is -4.84. The third-order valence-electron chi connectivity index (χ3n) is 3.02. The number of ether oxygens (including phenoxy) is 3. The van der Waals surface area contributed by atoms with Crippen LogP contribution in [0, 0.1) is 10.1 Å². The number of alkyl halides is 5. The van der Waals surface area contributed by atoms with Crippen molar-refractivity contribution in [1.82, 2.24) is 0 Å². The van der Waals surface area contributed by atoms with Crippen LogP contribution in [0.15, 0.2) is 36.4 Å². The monoisotopic (exact) mass is 393 g/mol. The van der Waals surface area contributed by atoms with Gasteiger partial charge in [0.2, 0.25) is 5.75 Å². The predicted molar refractivity (Wildman–Crippen MR) is 77.9 cm³/mol. The molecule has 27 heavy (non-hydrogen) atoms. The molecule has 12 heteroatoms. The molecule has 7 nitrogen and oxygen atoms in total.